The third-order valence-corrected chi connectivity index (χ3v) is 6.18. The molecule has 0 nitrogen and oxygen atoms in total. The highest BCUT2D eigenvalue weighted by atomic mass is 14.0. The Morgan fingerprint density at radius 1 is 0.258 bits per heavy atom. The summed E-state index contributed by atoms with van der Waals surface area (Å²) in [6.07, 6.45) is 45.9. The van der Waals surface area contributed by atoms with E-state index in [-0.39, 0.29) is 0 Å². The fourth-order valence-corrected chi connectivity index (χ4v) is 4.02. The molecule has 0 spiro atoms. The van der Waals surface area contributed by atoms with Crippen LogP contribution in [0.15, 0.2) is 36.5 Å². The van der Waals surface area contributed by atoms with Crippen molar-refractivity contribution in [2.45, 2.75) is 162 Å². The van der Waals surface area contributed by atoms with Crippen molar-refractivity contribution in [3.05, 3.63) is 36.5 Å². The molecule has 0 saturated heterocycles. The molecular formula is C31H58. The average molecular weight is 431 g/mol. The molecule has 0 amide bonds. The number of rotatable bonds is 25. The van der Waals surface area contributed by atoms with Crippen LogP contribution in [0.25, 0.3) is 0 Å². The van der Waals surface area contributed by atoms with Crippen LogP contribution in [-0.4, -0.2) is 0 Å². The van der Waals surface area contributed by atoms with Gasteiger partial charge in [-0.15, -0.1) is 0 Å². The third kappa shape index (κ3) is 29.2. The van der Waals surface area contributed by atoms with Crippen molar-refractivity contribution in [1.82, 2.24) is 0 Å². The van der Waals surface area contributed by atoms with Crippen LogP contribution in [0.5, 0.6) is 0 Å². The molecule has 182 valence electrons. The molecule has 0 aromatic heterocycles. The summed E-state index contributed by atoms with van der Waals surface area (Å²) in [5.74, 6) is 0. The molecule has 0 radical (unpaired) electrons. The number of allylic oxidation sites excluding steroid dienone is 6. The molecule has 0 heterocycles. The molecule has 0 atom stereocenters. The van der Waals surface area contributed by atoms with Gasteiger partial charge in [-0.1, -0.05) is 121 Å². The van der Waals surface area contributed by atoms with Crippen LogP contribution in [0.1, 0.15) is 162 Å². The summed E-state index contributed by atoms with van der Waals surface area (Å²) in [6, 6.07) is 0. The fraction of sp³-hybridized carbons (Fsp3) is 0.806. The molecule has 0 aromatic rings. The second-order valence-electron chi connectivity index (χ2n) is 9.45. The fourth-order valence-electron chi connectivity index (χ4n) is 4.02. The molecule has 0 aliphatic heterocycles. The first-order valence-electron chi connectivity index (χ1n) is 14.4. The lowest BCUT2D eigenvalue weighted by Gasteiger charge is -1.98. The highest BCUT2D eigenvalue weighted by Crippen LogP contribution is 2.10. The van der Waals surface area contributed by atoms with E-state index in [0.717, 1.165) is 0 Å². The summed E-state index contributed by atoms with van der Waals surface area (Å²) in [7, 11) is 0. The molecule has 0 unspecified atom stereocenters. The predicted molar refractivity (Wildman–Crippen MR) is 145 cm³/mol. The Labute approximate surface area is 198 Å². The van der Waals surface area contributed by atoms with Crippen molar-refractivity contribution in [3.63, 3.8) is 0 Å². The summed E-state index contributed by atoms with van der Waals surface area (Å²) in [4.78, 5) is 0. The van der Waals surface area contributed by atoms with Gasteiger partial charge >= 0.3 is 0 Å². The Morgan fingerprint density at radius 3 is 0.742 bits per heavy atom. The van der Waals surface area contributed by atoms with E-state index in [2.05, 4.69) is 50.3 Å². The van der Waals surface area contributed by atoms with Gasteiger partial charge in [0.05, 0.1) is 0 Å². The van der Waals surface area contributed by atoms with Crippen LogP contribution in [0.3, 0.4) is 0 Å². The minimum absolute atomic E-state index is 1.27. The second-order valence-corrected chi connectivity index (χ2v) is 9.45. The average Bonchev–Trinajstić information content (AvgIpc) is 2.78. The van der Waals surface area contributed by atoms with E-state index in [0.29, 0.717) is 0 Å². The second kappa shape index (κ2) is 29.2. The molecule has 0 aliphatic carbocycles. The summed E-state index contributed by atoms with van der Waals surface area (Å²) < 4.78 is 0. The lowest BCUT2D eigenvalue weighted by Crippen LogP contribution is -1.78. The number of hydrogen-bond donors (Lipinski definition) is 0. The lowest BCUT2D eigenvalue weighted by molar-refractivity contribution is 0.610. The monoisotopic (exact) mass is 430 g/mol. The lowest BCUT2D eigenvalue weighted by atomic mass is 10.1. The maximum atomic E-state index is 2.42. The van der Waals surface area contributed by atoms with E-state index in [1.165, 1.54) is 148 Å². The van der Waals surface area contributed by atoms with E-state index in [9.17, 15) is 0 Å². The Balaban J connectivity index is 3.19. The summed E-state index contributed by atoms with van der Waals surface area (Å²) >= 11 is 0. The first-order valence-corrected chi connectivity index (χ1v) is 14.4. The SMILES string of the molecule is CCCCCCCC/C=C\CCCC/C=C\CCCCC/C=C\CCCCCCCC. The van der Waals surface area contributed by atoms with Gasteiger partial charge in [-0.2, -0.15) is 0 Å². The Bertz CT molecular complexity index is 387. The van der Waals surface area contributed by atoms with Crippen LogP contribution in [0.2, 0.25) is 0 Å². The van der Waals surface area contributed by atoms with Gasteiger partial charge < -0.3 is 0 Å². The first kappa shape index (κ1) is 30.2. The van der Waals surface area contributed by atoms with Crippen LogP contribution in [0, 0.1) is 0 Å². The van der Waals surface area contributed by atoms with Gasteiger partial charge in [0.2, 0.25) is 0 Å². The molecule has 31 heavy (non-hydrogen) atoms. The summed E-state index contributed by atoms with van der Waals surface area (Å²) in [5, 5.41) is 0. The number of hydrogen-bond acceptors (Lipinski definition) is 0. The topological polar surface area (TPSA) is 0 Å². The Hall–Kier alpha value is -0.780. The van der Waals surface area contributed by atoms with Crippen molar-refractivity contribution in [2.24, 2.45) is 0 Å². The molecule has 0 aliphatic rings. The zero-order chi connectivity index (χ0) is 22.5. The highest BCUT2D eigenvalue weighted by Gasteiger charge is 1.90. The van der Waals surface area contributed by atoms with E-state index in [1.54, 1.807) is 0 Å². The van der Waals surface area contributed by atoms with Crippen molar-refractivity contribution in [3.8, 4) is 0 Å². The summed E-state index contributed by atoms with van der Waals surface area (Å²) in [5.41, 5.74) is 0. The van der Waals surface area contributed by atoms with Gasteiger partial charge in [0, 0.05) is 0 Å². The van der Waals surface area contributed by atoms with Crippen LogP contribution < -0.4 is 0 Å². The van der Waals surface area contributed by atoms with Crippen molar-refractivity contribution >= 4 is 0 Å². The van der Waals surface area contributed by atoms with Gasteiger partial charge in [-0.05, 0) is 77.0 Å². The zero-order valence-electron chi connectivity index (χ0n) is 21.7. The van der Waals surface area contributed by atoms with Gasteiger partial charge in [0.15, 0.2) is 0 Å². The van der Waals surface area contributed by atoms with Gasteiger partial charge in [-0.25, -0.2) is 0 Å². The minimum Gasteiger partial charge on any atom is -0.0885 e. The molecule has 0 fully saturated rings. The highest BCUT2D eigenvalue weighted by molar-refractivity contribution is 4.84. The van der Waals surface area contributed by atoms with E-state index < -0.39 is 0 Å². The summed E-state index contributed by atoms with van der Waals surface area (Å²) in [6.45, 7) is 4.58. The Morgan fingerprint density at radius 2 is 0.452 bits per heavy atom. The molecule has 0 bridgehead atoms. The molecule has 0 N–H and O–H groups in total. The molecule has 0 rings (SSSR count). The van der Waals surface area contributed by atoms with E-state index >= 15 is 0 Å². The van der Waals surface area contributed by atoms with Gasteiger partial charge in [0.25, 0.3) is 0 Å². The van der Waals surface area contributed by atoms with Crippen LogP contribution in [-0.2, 0) is 0 Å². The van der Waals surface area contributed by atoms with Gasteiger partial charge in [0.1, 0.15) is 0 Å². The van der Waals surface area contributed by atoms with Gasteiger partial charge in [-0.3, -0.25) is 0 Å². The molecule has 0 aromatic carbocycles. The predicted octanol–water partition coefficient (Wildman–Crippen LogP) is 11.7. The third-order valence-electron chi connectivity index (χ3n) is 6.18. The molecular weight excluding hydrogens is 372 g/mol. The van der Waals surface area contributed by atoms with E-state index in [4.69, 9.17) is 0 Å². The molecule has 0 saturated carbocycles. The standard InChI is InChI=1S/C31H58/c1-3-5-7-9-11-13-15-17-19-21-23-25-27-29-31-30-28-26-24-22-20-18-16-14-12-10-8-6-4-2/h17-20,29,31H,3-16,21-28,30H2,1-2H3/b19-17-,20-18-,31-29-. The quantitative estimate of drug-likeness (QED) is 0.0997. The van der Waals surface area contributed by atoms with E-state index in [1.807, 2.05) is 0 Å². The largest absolute Gasteiger partial charge is 0.0885 e. The first-order chi connectivity index (χ1) is 15.4. The molecule has 0 heteroatoms. The zero-order valence-corrected chi connectivity index (χ0v) is 21.7. The van der Waals surface area contributed by atoms with Crippen LogP contribution in [0.4, 0.5) is 0 Å². The maximum absolute atomic E-state index is 2.42. The minimum atomic E-state index is 1.27. The van der Waals surface area contributed by atoms with Crippen molar-refractivity contribution < 1.29 is 0 Å². The smallest absolute Gasteiger partial charge is 0.0351 e. The van der Waals surface area contributed by atoms with Crippen molar-refractivity contribution in [2.75, 3.05) is 0 Å². The normalized spacial score (nSPS) is 12.2. The Kier molecular flexibility index (Phi) is 28.5. The number of unbranched alkanes of at least 4 members (excludes halogenated alkanes) is 19. The van der Waals surface area contributed by atoms with Crippen molar-refractivity contribution in [1.29, 1.82) is 0 Å². The maximum Gasteiger partial charge on any atom is -0.0351 e. The van der Waals surface area contributed by atoms with Crippen LogP contribution >= 0.6 is 0 Å².